The van der Waals surface area contributed by atoms with Crippen LogP contribution < -0.4 is 0 Å². The molecule has 2 fully saturated rings. The van der Waals surface area contributed by atoms with E-state index in [1.807, 2.05) is 0 Å². The van der Waals surface area contributed by atoms with Gasteiger partial charge >= 0.3 is 0 Å². The van der Waals surface area contributed by atoms with Gasteiger partial charge in [0.2, 0.25) is 0 Å². The largest absolute Gasteiger partial charge is 0.373 e. The lowest BCUT2D eigenvalue weighted by Crippen LogP contribution is -2.49. The van der Waals surface area contributed by atoms with Gasteiger partial charge in [0.1, 0.15) is 0 Å². The van der Waals surface area contributed by atoms with Gasteiger partial charge in [-0.15, -0.1) is 0 Å². The maximum atomic E-state index is 5.98. The number of rotatable bonds is 1. The quantitative estimate of drug-likeness (QED) is 0.662. The second-order valence-corrected chi connectivity index (χ2v) is 6.61. The second kappa shape index (κ2) is 4.05. The third kappa shape index (κ3) is 1.96. The molecule has 82 valence electrons. The molecule has 0 N–H and O–H groups in total. The molecule has 0 aromatic heterocycles. The van der Waals surface area contributed by atoms with Gasteiger partial charge in [-0.2, -0.15) is 11.8 Å². The van der Waals surface area contributed by atoms with Crippen molar-refractivity contribution >= 4 is 11.8 Å². The van der Waals surface area contributed by atoms with Gasteiger partial charge < -0.3 is 4.74 Å². The van der Waals surface area contributed by atoms with Gasteiger partial charge in [-0.25, -0.2) is 0 Å². The standard InChI is InChI=1S/C12H22OS/c1-9(2)10-4-5-12(3)11(8-10)14-7-6-13-12/h9-11H,4-8H2,1-3H3. The molecule has 0 radical (unpaired) electrons. The summed E-state index contributed by atoms with van der Waals surface area (Å²) in [5.41, 5.74) is 0.203. The normalized spacial score (nSPS) is 43.7. The molecule has 1 aliphatic carbocycles. The highest BCUT2D eigenvalue weighted by Gasteiger charge is 2.43. The fraction of sp³-hybridized carbons (Fsp3) is 1.00. The molecule has 2 aliphatic rings. The molecule has 14 heavy (non-hydrogen) atoms. The number of hydrogen-bond donors (Lipinski definition) is 0. The summed E-state index contributed by atoms with van der Waals surface area (Å²) in [5.74, 6) is 2.98. The van der Waals surface area contributed by atoms with Crippen molar-refractivity contribution in [3.05, 3.63) is 0 Å². The van der Waals surface area contributed by atoms with E-state index in [1.165, 1.54) is 25.0 Å². The summed E-state index contributed by atoms with van der Waals surface area (Å²) >= 11 is 2.14. The average Bonchev–Trinajstić information content (AvgIpc) is 2.16. The van der Waals surface area contributed by atoms with Crippen LogP contribution in [0.1, 0.15) is 40.0 Å². The SMILES string of the molecule is CC(C)C1CCC2(C)OCCSC2C1. The Balaban J connectivity index is 2.02. The minimum Gasteiger partial charge on any atom is -0.373 e. The number of hydrogen-bond acceptors (Lipinski definition) is 2. The predicted octanol–water partition coefficient (Wildman–Crippen LogP) is 3.33. The predicted molar refractivity (Wildman–Crippen MR) is 62.8 cm³/mol. The van der Waals surface area contributed by atoms with Crippen molar-refractivity contribution in [1.29, 1.82) is 0 Å². The summed E-state index contributed by atoms with van der Waals surface area (Å²) in [5, 5.41) is 0.761. The van der Waals surface area contributed by atoms with E-state index in [1.54, 1.807) is 0 Å². The van der Waals surface area contributed by atoms with E-state index in [0.717, 1.165) is 23.7 Å². The Labute approximate surface area is 92.0 Å². The lowest BCUT2D eigenvalue weighted by Gasteiger charge is -2.47. The first kappa shape index (κ1) is 10.8. The average molecular weight is 214 g/mol. The molecule has 1 saturated heterocycles. The highest BCUT2D eigenvalue weighted by Crippen LogP contribution is 2.45. The fourth-order valence-electron chi connectivity index (χ4n) is 2.76. The molecule has 1 saturated carbocycles. The maximum Gasteiger partial charge on any atom is 0.0773 e. The van der Waals surface area contributed by atoms with Crippen LogP contribution >= 0.6 is 11.8 Å². The first-order valence-electron chi connectivity index (χ1n) is 5.87. The lowest BCUT2D eigenvalue weighted by atomic mass is 9.75. The van der Waals surface area contributed by atoms with E-state index >= 15 is 0 Å². The molecule has 3 atom stereocenters. The molecule has 1 nitrogen and oxygen atoms in total. The summed E-state index contributed by atoms with van der Waals surface area (Å²) in [6.45, 7) is 8.01. The van der Waals surface area contributed by atoms with Crippen molar-refractivity contribution < 1.29 is 4.74 Å². The van der Waals surface area contributed by atoms with Gasteiger partial charge in [-0.1, -0.05) is 13.8 Å². The zero-order valence-electron chi connectivity index (χ0n) is 9.58. The minimum absolute atomic E-state index is 0.203. The Hall–Kier alpha value is 0.310. The molecule has 2 heteroatoms. The van der Waals surface area contributed by atoms with Gasteiger partial charge in [0.15, 0.2) is 0 Å². The Morgan fingerprint density at radius 2 is 2.21 bits per heavy atom. The minimum atomic E-state index is 0.203. The van der Waals surface area contributed by atoms with Crippen LogP contribution in [0, 0.1) is 11.8 Å². The Morgan fingerprint density at radius 1 is 1.43 bits per heavy atom. The summed E-state index contributed by atoms with van der Waals surface area (Å²) in [6, 6.07) is 0. The summed E-state index contributed by atoms with van der Waals surface area (Å²) in [4.78, 5) is 0. The van der Waals surface area contributed by atoms with Crippen molar-refractivity contribution in [1.82, 2.24) is 0 Å². The highest BCUT2D eigenvalue weighted by molar-refractivity contribution is 8.00. The number of fused-ring (bicyclic) bond motifs is 1. The molecule has 1 heterocycles. The van der Waals surface area contributed by atoms with Crippen molar-refractivity contribution in [2.45, 2.75) is 50.9 Å². The molecular weight excluding hydrogens is 192 g/mol. The summed E-state index contributed by atoms with van der Waals surface area (Å²) in [7, 11) is 0. The number of ether oxygens (including phenoxy) is 1. The van der Waals surface area contributed by atoms with Crippen molar-refractivity contribution in [2.75, 3.05) is 12.4 Å². The highest BCUT2D eigenvalue weighted by atomic mass is 32.2. The van der Waals surface area contributed by atoms with Crippen LogP contribution in [0.15, 0.2) is 0 Å². The first-order valence-corrected chi connectivity index (χ1v) is 6.92. The van der Waals surface area contributed by atoms with Gasteiger partial charge in [0, 0.05) is 11.0 Å². The third-order valence-corrected chi connectivity index (χ3v) is 5.48. The van der Waals surface area contributed by atoms with Crippen LogP contribution in [0.3, 0.4) is 0 Å². The van der Waals surface area contributed by atoms with Crippen LogP contribution in [-0.2, 0) is 4.74 Å². The smallest absolute Gasteiger partial charge is 0.0773 e. The van der Waals surface area contributed by atoms with Crippen molar-refractivity contribution in [3.63, 3.8) is 0 Å². The van der Waals surface area contributed by atoms with E-state index in [0.29, 0.717) is 0 Å². The van der Waals surface area contributed by atoms with Gasteiger partial charge in [-0.3, -0.25) is 0 Å². The monoisotopic (exact) mass is 214 g/mol. The first-order chi connectivity index (χ1) is 6.62. The van der Waals surface area contributed by atoms with Gasteiger partial charge in [-0.05, 0) is 38.0 Å². The molecule has 0 aromatic rings. The molecule has 0 aromatic carbocycles. The fourth-order valence-corrected chi connectivity index (χ4v) is 4.14. The van der Waals surface area contributed by atoms with Gasteiger partial charge in [0.05, 0.1) is 12.2 Å². The van der Waals surface area contributed by atoms with Crippen LogP contribution in [0.4, 0.5) is 0 Å². The summed E-state index contributed by atoms with van der Waals surface area (Å²) in [6.07, 6.45) is 4.01. The Morgan fingerprint density at radius 3 is 2.93 bits per heavy atom. The lowest BCUT2D eigenvalue weighted by molar-refractivity contribution is -0.0620. The van der Waals surface area contributed by atoms with Gasteiger partial charge in [0.25, 0.3) is 0 Å². The Bertz CT molecular complexity index is 204. The van der Waals surface area contributed by atoms with E-state index in [4.69, 9.17) is 4.74 Å². The number of thioether (sulfide) groups is 1. The maximum absolute atomic E-state index is 5.98. The van der Waals surface area contributed by atoms with Crippen LogP contribution in [0.25, 0.3) is 0 Å². The van der Waals surface area contributed by atoms with E-state index in [2.05, 4.69) is 32.5 Å². The summed E-state index contributed by atoms with van der Waals surface area (Å²) < 4.78 is 5.98. The van der Waals surface area contributed by atoms with Crippen molar-refractivity contribution in [2.24, 2.45) is 11.8 Å². The van der Waals surface area contributed by atoms with Crippen LogP contribution in [-0.4, -0.2) is 23.2 Å². The van der Waals surface area contributed by atoms with E-state index in [-0.39, 0.29) is 5.60 Å². The second-order valence-electron chi connectivity index (χ2n) is 5.30. The molecule has 3 unspecified atom stereocenters. The molecule has 0 spiro atoms. The topological polar surface area (TPSA) is 9.23 Å². The molecule has 2 rings (SSSR count). The molecule has 0 amide bonds. The van der Waals surface area contributed by atoms with Crippen LogP contribution in [0.2, 0.25) is 0 Å². The zero-order chi connectivity index (χ0) is 10.2. The molecular formula is C12H22OS. The zero-order valence-corrected chi connectivity index (χ0v) is 10.4. The van der Waals surface area contributed by atoms with E-state index < -0.39 is 0 Å². The van der Waals surface area contributed by atoms with Crippen molar-refractivity contribution in [3.8, 4) is 0 Å². The molecule has 1 aliphatic heterocycles. The van der Waals surface area contributed by atoms with Crippen LogP contribution in [0.5, 0.6) is 0 Å². The Kier molecular flexibility index (Phi) is 3.13. The third-order valence-electron chi connectivity index (χ3n) is 3.99. The molecule has 0 bridgehead atoms. The van der Waals surface area contributed by atoms with E-state index in [9.17, 15) is 0 Å².